The van der Waals surface area contributed by atoms with Gasteiger partial charge in [0.2, 0.25) is 0 Å². The van der Waals surface area contributed by atoms with E-state index in [-0.39, 0.29) is 6.10 Å². The minimum atomic E-state index is -0.294. The van der Waals surface area contributed by atoms with Crippen molar-refractivity contribution in [3.8, 4) is 0 Å². The van der Waals surface area contributed by atoms with Crippen molar-refractivity contribution in [1.29, 1.82) is 0 Å². The molecular weight excluding hydrogens is 148 g/mol. The van der Waals surface area contributed by atoms with Gasteiger partial charge in [0, 0.05) is 19.6 Å². The molecule has 1 saturated heterocycles. The van der Waals surface area contributed by atoms with E-state index in [1.165, 1.54) is 0 Å². The standard InChI is InChI=1S/C6H12N2OS/c1-5(9)4-8-3-2-7-6(8)10/h5,9H,2-4H2,1H3,(H,7,10). The lowest BCUT2D eigenvalue weighted by molar-refractivity contribution is 0.165. The Labute approximate surface area is 66.0 Å². The van der Waals surface area contributed by atoms with Gasteiger partial charge in [-0.15, -0.1) is 0 Å². The van der Waals surface area contributed by atoms with Gasteiger partial charge in [0.1, 0.15) is 0 Å². The van der Waals surface area contributed by atoms with Gasteiger partial charge in [-0.2, -0.15) is 0 Å². The smallest absolute Gasteiger partial charge is 0.169 e. The molecule has 0 aromatic heterocycles. The molecule has 1 atom stereocenters. The predicted octanol–water partition coefficient (Wildman–Crippen LogP) is -0.443. The van der Waals surface area contributed by atoms with Crippen LogP contribution in [-0.4, -0.2) is 40.9 Å². The van der Waals surface area contributed by atoms with Crippen molar-refractivity contribution in [3.05, 3.63) is 0 Å². The van der Waals surface area contributed by atoms with Gasteiger partial charge in [-0.1, -0.05) is 0 Å². The number of thiocarbonyl (C=S) groups is 1. The van der Waals surface area contributed by atoms with Gasteiger partial charge >= 0.3 is 0 Å². The normalized spacial score (nSPS) is 21.0. The Morgan fingerprint density at radius 2 is 2.60 bits per heavy atom. The minimum absolute atomic E-state index is 0.294. The summed E-state index contributed by atoms with van der Waals surface area (Å²) >= 11 is 4.96. The molecule has 58 valence electrons. The van der Waals surface area contributed by atoms with Crippen LogP contribution in [0.25, 0.3) is 0 Å². The van der Waals surface area contributed by atoms with Crippen LogP contribution in [0.2, 0.25) is 0 Å². The third-order valence-corrected chi connectivity index (χ3v) is 1.83. The lowest BCUT2D eigenvalue weighted by Crippen LogP contribution is -2.33. The van der Waals surface area contributed by atoms with Gasteiger partial charge in [-0.05, 0) is 19.1 Å². The van der Waals surface area contributed by atoms with Crippen LogP contribution >= 0.6 is 12.2 Å². The van der Waals surface area contributed by atoms with Crippen molar-refractivity contribution in [2.75, 3.05) is 19.6 Å². The molecule has 4 heteroatoms. The zero-order valence-electron chi connectivity index (χ0n) is 6.00. The van der Waals surface area contributed by atoms with Crippen LogP contribution in [0.15, 0.2) is 0 Å². The van der Waals surface area contributed by atoms with Crippen LogP contribution in [0.1, 0.15) is 6.92 Å². The molecule has 1 aliphatic heterocycles. The number of hydrogen-bond acceptors (Lipinski definition) is 2. The second-order valence-corrected chi connectivity index (χ2v) is 2.91. The second kappa shape index (κ2) is 3.16. The highest BCUT2D eigenvalue weighted by Crippen LogP contribution is 1.97. The summed E-state index contributed by atoms with van der Waals surface area (Å²) < 4.78 is 0. The van der Waals surface area contributed by atoms with Crippen molar-refractivity contribution in [3.63, 3.8) is 0 Å². The van der Waals surface area contributed by atoms with E-state index in [9.17, 15) is 0 Å². The first-order valence-electron chi connectivity index (χ1n) is 3.41. The van der Waals surface area contributed by atoms with Crippen LogP contribution < -0.4 is 5.32 Å². The lowest BCUT2D eigenvalue weighted by atomic mass is 10.4. The number of rotatable bonds is 2. The first-order chi connectivity index (χ1) is 4.70. The average molecular weight is 160 g/mol. The molecule has 0 bridgehead atoms. The maximum Gasteiger partial charge on any atom is 0.169 e. The third-order valence-electron chi connectivity index (χ3n) is 1.43. The predicted molar refractivity (Wildman–Crippen MR) is 43.9 cm³/mol. The molecule has 1 rings (SSSR count). The van der Waals surface area contributed by atoms with Gasteiger partial charge in [-0.3, -0.25) is 0 Å². The van der Waals surface area contributed by atoms with Crippen molar-refractivity contribution in [2.24, 2.45) is 0 Å². The Bertz CT molecular complexity index is 138. The molecule has 0 aromatic carbocycles. The van der Waals surface area contributed by atoms with E-state index in [2.05, 4.69) is 5.32 Å². The second-order valence-electron chi connectivity index (χ2n) is 2.53. The first-order valence-corrected chi connectivity index (χ1v) is 3.82. The summed E-state index contributed by atoms with van der Waals surface area (Å²) in [6, 6.07) is 0. The maximum atomic E-state index is 9.00. The summed E-state index contributed by atoms with van der Waals surface area (Å²) in [5, 5.41) is 12.8. The quantitative estimate of drug-likeness (QED) is 0.537. The van der Waals surface area contributed by atoms with Gasteiger partial charge in [0.05, 0.1) is 6.10 Å². The zero-order valence-corrected chi connectivity index (χ0v) is 6.82. The molecule has 3 nitrogen and oxygen atoms in total. The molecule has 1 aliphatic rings. The topological polar surface area (TPSA) is 35.5 Å². The van der Waals surface area contributed by atoms with E-state index >= 15 is 0 Å². The fourth-order valence-electron chi connectivity index (χ4n) is 1.00. The number of nitrogens with zero attached hydrogens (tertiary/aromatic N) is 1. The molecule has 0 aromatic rings. The van der Waals surface area contributed by atoms with E-state index in [0.717, 1.165) is 18.2 Å². The van der Waals surface area contributed by atoms with Gasteiger partial charge in [0.15, 0.2) is 5.11 Å². The Balaban J connectivity index is 2.33. The summed E-state index contributed by atoms with van der Waals surface area (Å²) in [5.74, 6) is 0. The van der Waals surface area contributed by atoms with Crippen LogP contribution in [0, 0.1) is 0 Å². The van der Waals surface area contributed by atoms with E-state index in [1.807, 2.05) is 4.90 Å². The minimum Gasteiger partial charge on any atom is -0.392 e. The van der Waals surface area contributed by atoms with Crippen LogP contribution in [-0.2, 0) is 0 Å². The monoisotopic (exact) mass is 160 g/mol. The van der Waals surface area contributed by atoms with E-state index in [1.54, 1.807) is 6.92 Å². The molecule has 0 radical (unpaired) electrons. The summed E-state index contributed by atoms with van der Waals surface area (Å²) in [5.41, 5.74) is 0. The summed E-state index contributed by atoms with van der Waals surface area (Å²) in [4.78, 5) is 1.97. The lowest BCUT2D eigenvalue weighted by Gasteiger charge is -2.17. The number of hydrogen-bond donors (Lipinski definition) is 2. The van der Waals surface area contributed by atoms with E-state index < -0.39 is 0 Å². The van der Waals surface area contributed by atoms with Crippen molar-refractivity contribution in [1.82, 2.24) is 10.2 Å². The molecule has 0 saturated carbocycles. The van der Waals surface area contributed by atoms with E-state index in [4.69, 9.17) is 17.3 Å². The van der Waals surface area contributed by atoms with Crippen LogP contribution in [0.5, 0.6) is 0 Å². The molecule has 1 heterocycles. The number of aliphatic hydroxyl groups excluding tert-OH is 1. The van der Waals surface area contributed by atoms with Crippen LogP contribution in [0.4, 0.5) is 0 Å². The fourth-order valence-corrected chi connectivity index (χ4v) is 1.27. The van der Waals surface area contributed by atoms with Gasteiger partial charge < -0.3 is 15.3 Å². The number of nitrogens with one attached hydrogen (secondary N) is 1. The first kappa shape index (κ1) is 7.75. The maximum absolute atomic E-state index is 9.00. The Morgan fingerprint density at radius 3 is 3.00 bits per heavy atom. The van der Waals surface area contributed by atoms with Gasteiger partial charge in [-0.25, -0.2) is 0 Å². The largest absolute Gasteiger partial charge is 0.392 e. The Kier molecular flexibility index (Phi) is 2.45. The van der Waals surface area contributed by atoms with Crippen molar-refractivity contribution in [2.45, 2.75) is 13.0 Å². The molecule has 1 fully saturated rings. The molecule has 0 aliphatic carbocycles. The van der Waals surface area contributed by atoms with E-state index in [0.29, 0.717) is 6.54 Å². The molecule has 2 N–H and O–H groups in total. The van der Waals surface area contributed by atoms with Crippen LogP contribution in [0.3, 0.4) is 0 Å². The Hall–Kier alpha value is -0.350. The fraction of sp³-hybridized carbons (Fsp3) is 0.833. The molecule has 0 spiro atoms. The van der Waals surface area contributed by atoms with Crippen molar-refractivity contribution >= 4 is 17.3 Å². The summed E-state index contributed by atoms with van der Waals surface area (Å²) in [6.07, 6.45) is -0.294. The summed E-state index contributed by atoms with van der Waals surface area (Å²) in [6.45, 7) is 4.24. The van der Waals surface area contributed by atoms with Gasteiger partial charge in [0.25, 0.3) is 0 Å². The van der Waals surface area contributed by atoms with Crippen molar-refractivity contribution < 1.29 is 5.11 Å². The summed E-state index contributed by atoms with van der Waals surface area (Å²) in [7, 11) is 0. The highest BCUT2D eigenvalue weighted by molar-refractivity contribution is 7.80. The molecular formula is C6H12N2OS. The number of aliphatic hydroxyl groups is 1. The highest BCUT2D eigenvalue weighted by Gasteiger charge is 2.16. The molecule has 10 heavy (non-hydrogen) atoms. The number of β-amino-alcohol motifs (C(OH)–C–C–N with tert-alkyl or cyclic N) is 1. The average Bonchev–Trinajstić information content (AvgIpc) is 2.15. The third kappa shape index (κ3) is 1.82. The molecule has 1 unspecified atom stereocenters. The Morgan fingerprint density at radius 1 is 1.90 bits per heavy atom. The highest BCUT2D eigenvalue weighted by atomic mass is 32.1. The SMILES string of the molecule is CC(O)CN1CCNC1=S. The zero-order chi connectivity index (χ0) is 7.56. The molecule has 0 amide bonds.